The second kappa shape index (κ2) is 3.50. The van der Waals surface area contributed by atoms with E-state index in [0.29, 0.717) is 0 Å². The van der Waals surface area contributed by atoms with E-state index < -0.39 is 0 Å². The Morgan fingerprint density at radius 1 is 1.41 bits per heavy atom. The SMILES string of the molecule is Cc1c(Cl)ccc2[nH]c([C@]3(C)CC=CN3)nc12. The first-order chi connectivity index (χ1) is 8.10. The van der Waals surface area contributed by atoms with Crippen molar-refractivity contribution in [1.82, 2.24) is 15.3 Å². The lowest BCUT2D eigenvalue weighted by molar-refractivity contribution is 0.427. The van der Waals surface area contributed by atoms with E-state index in [4.69, 9.17) is 11.6 Å². The molecule has 0 saturated heterocycles. The van der Waals surface area contributed by atoms with Crippen molar-refractivity contribution in [3.63, 3.8) is 0 Å². The maximum atomic E-state index is 6.11. The van der Waals surface area contributed by atoms with Crippen LogP contribution in [0.2, 0.25) is 5.02 Å². The van der Waals surface area contributed by atoms with Crippen molar-refractivity contribution in [3.05, 3.63) is 40.8 Å². The standard InChI is InChI=1S/C13H14ClN3/c1-8-9(14)4-5-10-11(8)17-12(16-10)13(2)6-3-7-15-13/h3-5,7,15H,6H2,1-2H3,(H,16,17)/t13-/m0/s1. The number of nitrogens with one attached hydrogen (secondary N) is 2. The van der Waals surface area contributed by atoms with E-state index in [0.717, 1.165) is 33.9 Å². The monoisotopic (exact) mass is 247 g/mol. The molecule has 1 aromatic heterocycles. The minimum absolute atomic E-state index is 0.127. The first-order valence-electron chi connectivity index (χ1n) is 5.68. The van der Waals surface area contributed by atoms with Gasteiger partial charge in [-0.3, -0.25) is 0 Å². The lowest BCUT2D eigenvalue weighted by atomic mass is 10.0. The lowest BCUT2D eigenvalue weighted by Gasteiger charge is -2.21. The fourth-order valence-electron chi connectivity index (χ4n) is 2.21. The molecule has 4 heteroatoms. The van der Waals surface area contributed by atoms with Gasteiger partial charge in [0.15, 0.2) is 0 Å². The van der Waals surface area contributed by atoms with E-state index >= 15 is 0 Å². The third kappa shape index (κ3) is 1.53. The van der Waals surface area contributed by atoms with Crippen molar-refractivity contribution in [1.29, 1.82) is 0 Å². The number of benzene rings is 1. The molecule has 0 aliphatic carbocycles. The zero-order chi connectivity index (χ0) is 12.0. The van der Waals surface area contributed by atoms with E-state index in [1.54, 1.807) is 0 Å². The van der Waals surface area contributed by atoms with Crippen LogP contribution in [0.15, 0.2) is 24.4 Å². The number of rotatable bonds is 1. The molecular weight excluding hydrogens is 234 g/mol. The summed E-state index contributed by atoms with van der Waals surface area (Å²) in [5.74, 6) is 0.961. The molecule has 17 heavy (non-hydrogen) atoms. The van der Waals surface area contributed by atoms with Gasteiger partial charge in [0.05, 0.1) is 16.6 Å². The molecule has 0 spiro atoms. The minimum Gasteiger partial charge on any atom is -0.379 e. The Hall–Kier alpha value is -1.48. The maximum absolute atomic E-state index is 6.11. The highest BCUT2D eigenvalue weighted by molar-refractivity contribution is 6.32. The van der Waals surface area contributed by atoms with Gasteiger partial charge in [-0.05, 0) is 44.2 Å². The molecule has 0 saturated carbocycles. The molecule has 1 aliphatic heterocycles. The van der Waals surface area contributed by atoms with Crippen molar-refractivity contribution >= 4 is 22.6 Å². The summed E-state index contributed by atoms with van der Waals surface area (Å²) in [5, 5.41) is 4.10. The number of halogens is 1. The van der Waals surface area contributed by atoms with Crippen LogP contribution in [-0.4, -0.2) is 9.97 Å². The predicted octanol–water partition coefficient (Wildman–Crippen LogP) is 3.25. The van der Waals surface area contributed by atoms with E-state index in [9.17, 15) is 0 Å². The fraction of sp³-hybridized carbons (Fsp3) is 0.308. The first kappa shape index (κ1) is 10.7. The summed E-state index contributed by atoms with van der Waals surface area (Å²) < 4.78 is 0. The number of nitrogens with zero attached hydrogens (tertiary/aromatic N) is 1. The third-order valence-corrected chi connectivity index (χ3v) is 3.82. The number of aromatic amines is 1. The number of imidazole rings is 1. The van der Waals surface area contributed by atoms with Crippen LogP contribution < -0.4 is 5.32 Å². The molecular formula is C13H14ClN3. The fourth-order valence-corrected chi connectivity index (χ4v) is 2.36. The van der Waals surface area contributed by atoms with Crippen molar-refractivity contribution in [2.45, 2.75) is 25.8 Å². The van der Waals surface area contributed by atoms with Gasteiger partial charge in [-0.1, -0.05) is 17.7 Å². The highest BCUT2D eigenvalue weighted by Crippen LogP contribution is 2.30. The number of H-pyrrole nitrogens is 1. The van der Waals surface area contributed by atoms with Crippen LogP contribution in [0.4, 0.5) is 0 Å². The molecule has 3 nitrogen and oxygen atoms in total. The number of aromatic nitrogens is 2. The first-order valence-corrected chi connectivity index (χ1v) is 6.06. The Labute approximate surface area is 105 Å². The number of hydrogen-bond acceptors (Lipinski definition) is 2. The van der Waals surface area contributed by atoms with E-state index in [1.165, 1.54) is 0 Å². The summed E-state index contributed by atoms with van der Waals surface area (Å²) in [4.78, 5) is 8.06. The summed E-state index contributed by atoms with van der Waals surface area (Å²) in [6.45, 7) is 4.14. The van der Waals surface area contributed by atoms with Gasteiger partial charge in [0.25, 0.3) is 0 Å². The zero-order valence-corrected chi connectivity index (χ0v) is 10.6. The molecule has 0 fully saturated rings. The van der Waals surface area contributed by atoms with E-state index in [1.807, 2.05) is 25.3 Å². The zero-order valence-electron chi connectivity index (χ0n) is 9.84. The van der Waals surface area contributed by atoms with Gasteiger partial charge in [0.2, 0.25) is 0 Å². The molecule has 2 heterocycles. The Bertz CT molecular complexity index is 604. The Balaban J connectivity index is 2.17. The normalized spacial score (nSPS) is 23.2. The van der Waals surface area contributed by atoms with E-state index in [-0.39, 0.29) is 5.54 Å². The van der Waals surface area contributed by atoms with Gasteiger partial charge in [-0.15, -0.1) is 0 Å². The summed E-state index contributed by atoms with van der Waals surface area (Å²) in [6.07, 6.45) is 5.04. The van der Waals surface area contributed by atoms with Gasteiger partial charge >= 0.3 is 0 Å². The van der Waals surface area contributed by atoms with Crippen LogP contribution in [-0.2, 0) is 5.54 Å². The topological polar surface area (TPSA) is 40.7 Å². The smallest absolute Gasteiger partial charge is 0.133 e. The van der Waals surface area contributed by atoms with Crippen LogP contribution in [0, 0.1) is 6.92 Å². The summed E-state index contributed by atoms with van der Waals surface area (Å²) >= 11 is 6.11. The highest BCUT2D eigenvalue weighted by Gasteiger charge is 2.30. The van der Waals surface area contributed by atoms with Crippen molar-refractivity contribution in [2.24, 2.45) is 0 Å². The van der Waals surface area contributed by atoms with E-state index in [2.05, 4.69) is 28.3 Å². The predicted molar refractivity (Wildman–Crippen MR) is 70.1 cm³/mol. The molecule has 88 valence electrons. The molecule has 1 atom stereocenters. The van der Waals surface area contributed by atoms with Gasteiger partial charge in [0.1, 0.15) is 5.82 Å². The van der Waals surface area contributed by atoms with Crippen LogP contribution in [0.25, 0.3) is 11.0 Å². The van der Waals surface area contributed by atoms with Crippen molar-refractivity contribution < 1.29 is 0 Å². The molecule has 0 radical (unpaired) electrons. The molecule has 1 aliphatic rings. The average molecular weight is 248 g/mol. The Morgan fingerprint density at radius 2 is 2.24 bits per heavy atom. The molecule has 0 unspecified atom stereocenters. The highest BCUT2D eigenvalue weighted by atomic mass is 35.5. The molecule has 2 aromatic rings. The molecule has 0 bridgehead atoms. The number of hydrogen-bond donors (Lipinski definition) is 2. The third-order valence-electron chi connectivity index (χ3n) is 3.41. The van der Waals surface area contributed by atoms with Crippen LogP contribution in [0.5, 0.6) is 0 Å². The van der Waals surface area contributed by atoms with Crippen molar-refractivity contribution in [2.75, 3.05) is 0 Å². The van der Waals surface area contributed by atoms with Crippen LogP contribution in [0.3, 0.4) is 0 Å². The minimum atomic E-state index is -0.127. The van der Waals surface area contributed by atoms with Gasteiger partial charge < -0.3 is 10.3 Å². The summed E-state index contributed by atoms with van der Waals surface area (Å²) in [7, 11) is 0. The van der Waals surface area contributed by atoms with Gasteiger partial charge in [-0.2, -0.15) is 0 Å². The van der Waals surface area contributed by atoms with Crippen LogP contribution in [0.1, 0.15) is 24.7 Å². The molecule has 2 N–H and O–H groups in total. The van der Waals surface area contributed by atoms with Gasteiger partial charge in [0, 0.05) is 5.02 Å². The van der Waals surface area contributed by atoms with Crippen molar-refractivity contribution in [3.8, 4) is 0 Å². The largest absolute Gasteiger partial charge is 0.379 e. The van der Waals surface area contributed by atoms with Crippen LogP contribution >= 0.6 is 11.6 Å². The summed E-state index contributed by atoms with van der Waals surface area (Å²) in [5.41, 5.74) is 2.90. The molecule has 0 amide bonds. The number of aryl methyl sites for hydroxylation is 1. The maximum Gasteiger partial charge on any atom is 0.133 e. The second-order valence-electron chi connectivity index (χ2n) is 4.74. The van der Waals surface area contributed by atoms with Gasteiger partial charge in [-0.25, -0.2) is 4.98 Å². The summed E-state index contributed by atoms with van der Waals surface area (Å²) in [6, 6.07) is 3.89. The number of fused-ring (bicyclic) bond motifs is 1. The quantitative estimate of drug-likeness (QED) is 0.812. The average Bonchev–Trinajstić information content (AvgIpc) is 2.91. The molecule has 1 aromatic carbocycles. The molecule has 3 rings (SSSR count). The second-order valence-corrected chi connectivity index (χ2v) is 5.14. The lowest BCUT2D eigenvalue weighted by Crippen LogP contribution is -2.33. The Kier molecular flexibility index (Phi) is 2.20. The Morgan fingerprint density at radius 3 is 2.94 bits per heavy atom.